The van der Waals surface area contributed by atoms with Gasteiger partial charge in [-0.25, -0.2) is 8.78 Å². The molecule has 0 saturated heterocycles. The minimum absolute atomic E-state index is 0.248. The van der Waals surface area contributed by atoms with Crippen LogP contribution in [0, 0.1) is 11.6 Å². The molecule has 0 heterocycles. The maximum Gasteiger partial charge on any atom is 0.123 e. The molecule has 0 saturated carbocycles. The Balaban J connectivity index is 2.19. The van der Waals surface area contributed by atoms with E-state index in [-0.39, 0.29) is 17.7 Å². The van der Waals surface area contributed by atoms with E-state index in [0.29, 0.717) is 6.42 Å². The Kier molecular flexibility index (Phi) is 4.02. The van der Waals surface area contributed by atoms with Crippen molar-refractivity contribution in [1.82, 2.24) is 5.43 Å². The second-order valence-electron chi connectivity index (χ2n) is 4.11. The van der Waals surface area contributed by atoms with Crippen LogP contribution in [0.1, 0.15) is 17.2 Å². The normalized spacial score (nSPS) is 12.4. The molecular formula is C14H14F2N2. The molecule has 2 aromatic rings. The fraction of sp³-hybridized carbons (Fsp3) is 0.143. The van der Waals surface area contributed by atoms with Gasteiger partial charge in [0.05, 0.1) is 6.04 Å². The monoisotopic (exact) mass is 248 g/mol. The second kappa shape index (κ2) is 5.71. The smallest absolute Gasteiger partial charge is 0.123 e. The minimum Gasteiger partial charge on any atom is -0.271 e. The van der Waals surface area contributed by atoms with Gasteiger partial charge in [-0.15, -0.1) is 0 Å². The Bertz CT molecular complexity index is 529. The highest BCUT2D eigenvalue weighted by Crippen LogP contribution is 2.19. The van der Waals surface area contributed by atoms with Crippen LogP contribution in [0.3, 0.4) is 0 Å². The van der Waals surface area contributed by atoms with Crippen molar-refractivity contribution in [3.05, 3.63) is 71.3 Å². The Morgan fingerprint density at radius 1 is 1.00 bits per heavy atom. The molecule has 0 aliphatic heterocycles. The van der Waals surface area contributed by atoms with E-state index < -0.39 is 0 Å². The Labute approximate surface area is 104 Å². The standard InChI is InChI=1S/C14H14F2N2/c15-12-5-1-3-10(7-12)8-14(18-17)11-4-2-6-13(16)9-11/h1-7,9,14,18H,8,17H2. The van der Waals surface area contributed by atoms with Crippen molar-refractivity contribution in [2.45, 2.75) is 12.5 Å². The molecule has 2 rings (SSSR count). The fourth-order valence-electron chi connectivity index (χ4n) is 1.90. The van der Waals surface area contributed by atoms with Gasteiger partial charge < -0.3 is 0 Å². The fourth-order valence-corrected chi connectivity index (χ4v) is 1.90. The van der Waals surface area contributed by atoms with E-state index in [1.165, 1.54) is 24.3 Å². The van der Waals surface area contributed by atoms with E-state index in [1.807, 2.05) is 6.07 Å². The zero-order valence-corrected chi connectivity index (χ0v) is 9.74. The van der Waals surface area contributed by atoms with Gasteiger partial charge in [-0.2, -0.15) is 0 Å². The van der Waals surface area contributed by atoms with Crippen LogP contribution in [-0.2, 0) is 6.42 Å². The average Bonchev–Trinajstić information content (AvgIpc) is 2.36. The van der Waals surface area contributed by atoms with Gasteiger partial charge >= 0.3 is 0 Å². The van der Waals surface area contributed by atoms with Crippen LogP contribution in [0.4, 0.5) is 8.78 Å². The summed E-state index contributed by atoms with van der Waals surface area (Å²) in [6.07, 6.45) is 0.498. The lowest BCUT2D eigenvalue weighted by atomic mass is 9.99. The quantitative estimate of drug-likeness (QED) is 0.645. The third-order valence-corrected chi connectivity index (χ3v) is 2.78. The first-order valence-electron chi connectivity index (χ1n) is 5.65. The molecule has 0 spiro atoms. The SMILES string of the molecule is NNC(Cc1cccc(F)c1)c1cccc(F)c1. The summed E-state index contributed by atoms with van der Waals surface area (Å²) in [7, 11) is 0. The van der Waals surface area contributed by atoms with Crippen LogP contribution in [0.15, 0.2) is 48.5 Å². The predicted octanol–water partition coefficient (Wildman–Crippen LogP) is 2.71. The van der Waals surface area contributed by atoms with E-state index in [2.05, 4.69) is 5.43 Å². The van der Waals surface area contributed by atoms with E-state index in [0.717, 1.165) is 11.1 Å². The van der Waals surface area contributed by atoms with Gasteiger partial charge in [-0.3, -0.25) is 11.3 Å². The lowest BCUT2D eigenvalue weighted by Gasteiger charge is -2.16. The Morgan fingerprint density at radius 2 is 1.67 bits per heavy atom. The molecule has 2 nitrogen and oxygen atoms in total. The largest absolute Gasteiger partial charge is 0.271 e. The van der Waals surface area contributed by atoms with Crippen LogP contribution in [-0.4, -0.2) is 0 Å². The van der Waals surface area contributed by atoms with Crippen molar-refractivity contribution in [2.75, 3.05) is 0 Å². The molecule has 3 N–H and O–H groups in total. The van der Waals surface area contributed by atoms with Gasteiger partial charge in [0.15, 0.2) is 0 Å². The first kappa shape index (κ1) is 12.7. The number of hydrogen-bond donors (Lipinski definition) is 2. The maximum absolute atomic E-state index is 13.1. The first-order chi connectivity index (χ1) is 8.69. The van der Waals surface area contributed by atoms with Crippen molar-refractivity contribution in [3.63, 3.8) is 0 Å². The molecule has 94 valence electrons. The number of hydrogen-bond acceptors (Lipinski definition) is 2. The van der Waals surface area contributed by atoms with Gasteiger partial charge in [0.1, 0.15) is 11.6 Å². The van der Waals surface area contributed by atoms with Crippen LogP contribution in [0.2, 0.25) is 0 Å². The molecule has 0 aliphatic rings. The average molecular weight is 248 g/mol. The summed E-state index contributed by atoms with van der Waals surface area (Å²) in [6.45, 7) is 0. The molecule has 18 heavy (non-hydrogen) atoms. The van der Waals surface area contributed by atoms with Gasteiger partial charge in [0.25, 0.3) is 0 Å². The van der Waals surface area contributed by atoms with Crippen LogP contribution in [0.5, 0.6) is 0 Å². The van der Waals surface area contributed by atoms with Crippen molar-refractivity contribution in [2.24, 2.45) is 5.84 Å². The summed E-state index contributed by atoms with van der Waals surface area (Å²) in [5.74, 6) is 4.87. The summed E-state index contributed by atoms with van der Waals surface area (Å²) in [4.78, 5) is 0. The predicted molar refractivity (Wildman–Crippen MR) is 66.6 cm³/mol. The number of nitrogens with two attached hydrogens (primary N) is 1. The molecular weight excluding hydrogens is 234 g/mol. The zero-order chi connectivity index (χ0) is 13.0. The van der Waals surface area contributed by atoms with Gasteiger partial charge in [-0.1, -0.05) is 24.3 Å². The van der Waals surface area contributed by atoms with E-state index in [9.17, 15) is 8.78 Å². The Morgan fingerprint density at radius 3 is 2.28 bits per heavy atom. The lowest BCUT2D eigenvalue weighted by Crippen LogP contribution is -2.29. The number of hydrazine groups is 1. The molecule has 1 atom stereocenters. The van der Waals surface area contributed by atoms with Gasteiger partial charge in [-0.05, 0) is 41.8 Å². The number of halogens is 2. The van der Waals surface area contributed by atoms with E-state index >= 15 is 0 Å². The Hall–Kier alpha value is -1.78. The van der Waals surface area contributed by atoms with Crippen LogP contribution in [0.25, 0.3) is 0 Å². The van der Waals surface area contributed by atoms with Crippen LogP contribution >= 0.6 is 0 Å². The molecule has 0 amide bonds. The molecule has 0 radical (unpaired) electrons. The molecule has 4 heteroatoms. The second-order valence-corrected chi connectivity index (χ2v) is 4.11. The summed E-state index contributed by atoms with van der Waals surface area (Å²) in [5, 5.41) is 0. The van der Waals surface area contributed by atoms with Crippen molar-refractivity contribution in [1.29, 1.82) is 0 Å². The van der Waals surface area contributed by atoms with Crippen LogP contribution < -0.4 is 11.3 Å². The lowest BCUT2D eigenvalue weighted by molar-refractivity contribution is 0.541. The number of nitrogens with one attached hydrogen (secondary N) is 1. The molecule has 0 bridgehead atoms. The third kappa shape index (κ3) is 3.12. The summed E-state index contributed by atoms with van der Waals surface area (Å²) < 4.78 is 26.2. The van der Waals surface area contributed by atoms with Gasteiger partial charge in [0.2, 0.25) is 0 Å². The van der Waals surface area contributed by atoms with Crippen molar-refractivity contribution >= 4 is 0 Å². The molecule has 0 aromatic heterocycles. The summed E-state index contributed by atoms with van der Waals surface area (Å²) in [5.41, 5.74) is 4.17. The minimum atomic E-state index is -0.313. The van der Waals surface area contributed by atoms with E-state index in [1.54, 1.807) is 18.2 Å². The first-order valence-corrected chi connectivity index (χ1v) is 5.65. The third-order valence-electron chi connectivity index (χ3n) is 2.78. The summed E-state index contributed by atoms with van der Waals surface area (Å²) in [6, 6.07) is 12.2. The number of rotatable bonds is 4. The molecule has 0 aliphatic carbocycles. The van der Waals surface area contributed by atoms with Gasteiger partial charge in [0, 0.05) is 0 Å². The topological polar surface area (TPSA) is 38.0 Å². The highest BCUT2D eigenvalue weighted by Gasteiger charge is 2.11. The highest BCUT2D eigenvalue weighted by molar-refractivity contribution is 5.24. The molecule has 0 fully saturated rings. The molecule has 2 aromatic carbocycles. The maximum atomic E-state index is 13.1. The van der Waals surface area contributed by atoms with E-state index in [4.69, 9.17) is 5.84 Å². The number of benzene rings is 2. The zero-order valence-electron chi connectivity index (χ0n) is 9.74. The summed E-state index contributed by atoms with van der Waals surface area (Å²) >= 11 is 0. The van der Waals surface area contributed by atoms with Crippen molar-refractivity contribution < 1.29 is 8.78 Å². The van der Waals surface area contributed by atoms with Crippen molar-refractivity contribution in [3.8, 4) is 0 Å². The highest BCUT2D eigenvalue weighted by atomic mass is 19.1. The molecule has 1 unspecified atom stereocenters.